The van der Waals surface area contributed by atoms with Crippen LogP contribution in [0.5, 0.6) is 0 Å². The number of hydrogen-bond acceptors (Lipinski definition) is 3. The summed E-state index contributed by atoms with van der Waals surface area (Å²) in [5.41, 5.74) is 2.20. The number of carboxylic acids is 1. The van der Waals surface area contributed by atoms with Gasteiger partial charge >= 0.3 is 5.97 Å². The van der Waals surface area contributed by atoms with E-state index in [1.807, 2.05) is 39.8 Å². The summed E-state index contributed by atoms with van der Waals surface area (Å²) < 4.78 is 0. The Bertz CT molecular complexity index is 510. The Balaban J connectivity index is 2.94. The summed E-state index contributed by atoms with van der Waals surface area (Å²) in [6.07, 6.45) is 0.0581. The second-order valence-electron chi connectivity index (χ2n) is 5.80. The zero-order chi connectivity index (χ0) is 14.6. The summed E-state index contributed by atoms with van der Waals surface area (Å²) in [7, 11) is 0. The average molecular weight is 260 g/mol. The molecule has 1 aromatic rings. The van der Waals surface area contributed by atoms with E-state index >= 15 is 0 Å². The SMILES string of the molecule is Cc1cc(NC(CC(=O)O)C(C)(C)C)ccc1C#N. The third kappa shape index (κ3) is 4.29. The number of carboxylic acid groups (broad SMARTS) is 1. The van der Waals surface area contributed by atoms with Crippen LogP contribution in [0, 0.1) is 23.7 Å². The molecule has 1 aromatic carbocycles. The number of rotatable bonds is 4. The first-order valence-corrected chi connectivity index (χ1v) is 6.23. The molecule has 0 saturated carbocycles. The topological polar surface area (TPSA) is 73.1 Å². The number of nitrogens with zero attached hydrogens (tertiary/aromatic N) is 1. The number of benzene rings is 1. The van der Waals surface area contributed by atoms with Crippen LogP contribution >= 0.6 is 0 Å². The van der Waals surface area contributed by atoms with Crippen molar-refractivity contribution in [2.24, 2.45) is 5.41 Å². The number of nitrogens with one attached hydrogen (secondary N) is 1. The van der Waals surface area contributed by atoms with Gasteiger partial charge in [0.2, 0.25) is 0 Å². The first-order valence-electron chi connectivity index (χ1n) is 6.23. The van der Waals surface area contributed by atoms with Crippen molar-refractivity contribution < 1.29 is 9.90 Å². The molecule has 0 aromatic heterocycles. The van der Waals surface area contributed by atoms with Crippen molar-refractivity contribution in [3.8, 4) is 6.07 Å². The van der Waals surface area contributed by atoms with E-state index in [-0.39, 0.29) is 17.9 Å². The molecule has 1 unspecified atom stereocenters. The van der Waals surface area contributed by atoms with Crippen LogP contribution in [0.25, 0.3) is 0 Å². The number of nitriles is 1. The van der Waals surface area contributed by atoms with Gasteiger partial charge in [-0.2, -0.15) is 5.26 Å². The summed E-state index contributed by atoms with van der Waals surface area (Å²) in [6, 6.07) is 7.38. The molecule has 0 heterocycles. The van der Waals surface area contributed by atoms with Crippen LogP contribution in [0.2, 0.25) is 0 Å². The minimum atomic E-state index is -0.821. The maximum Gasteiger partial charge on any atom is 0.305 e. The minimum absolute atomic E-state index is 0.0581. The van der Waals surface area contributed by atoms with E-state index in [0.29, 0.717) is 5.56 Å². The second kappa shape index (κ2) is 5.75. The molecule has 1 atom stereocenters. The van der Waals surface area contributed by atoms with E-state index in [1.165, 1.54) is 0 Å². The highest BCUT2D eigenvalue weighted by atomic mass is 16.4. The molecule has 0 spiro atoms. The summed E-state index contributed by atoms with van der Waals surface area (Å²) in [6.45, 7) is 7.88. The quantitative estimate of drug-likeness (QED) is 0.872. The zero-order valence-electron chi connectivity index (χ0n) is 11.8. The molecule has 0 amide bonds. The lowest BCUT2D eigenvalue weighted by atomic mass is 9.84. The molecule has 2 N–H and O–H groups in total. The molecule has 0 fully saturated rings. The van der Waals surface area contributed by atoms with Crippen LogP contribution in [0.15, 0.2) is 18.2 Å². The van der Waals surface area contributed by atoms with Gasteiger partial charge in [0.05, 0.1) is 18.1 Å². The monoisotopic (exact) mass is 260 g/mol. The van der Waals surface area contributed by atoms with E-state index in [9.17, 15) is 4.79 Å². The van der Waals surface area contributed by atoms with Gasteiger partial charge in [0.1, 0.15) is 0 Å². The highest BCUT2D eigenvalue weighted by Gasteiger charge is 2.26. The van der Waals surface area contributed by atoms with Gasteiger partial charge < -0.3 is 10.4 Å². The largest absolute Gasteiger partial charge is 0.481 e. The molecule has 0 bridgehead atoms. The number of hydrogen-bond donors (Lipinski definition) is 2. The van der Waals surface area contributed by atoms with E-state index in [0.717, 1.165) is 11.3 Å². The molecular formula is C15H20N2O2. The van der Waals surface area contributed by atoms with Crippen molar-refractivity contribution in [1.29, 1.82) is 5.26 Å². The van der Waals surface area contributed by atoms with E-state index in [1.54, 1.807) is 6.07 Å². The summed E-state index contributed by atoms with van der Waals surface area (Å²) in [5, 5.41) is 21.1. The Morgan fingerprint density at radius 3 is 2.53 bits per heavy atom. The van der Waals surface area contributed by atoms with E-state index in [4.69, 9.17) is 10.4 Å². The fraction of sp³-hybridized carbons (Fsp3) is 0.467. The summed E-state index contributed by atoms with van der Waals surface area (Å²) in [5.74, 6) is -0.821. The summed E-state index contributed by atoms with van der Waals surface area (Å²) >= 11 is 0. The lowest BCUT2D eigenvalue weighted by Crippen LogP contribution is -2.36. The smallest absolute Gasteiger partial charge is 0.305 e. The molecule has 4 nitrogen and oxygen atoms in total. The van der Waals surface area contributed by atoms with Gasteiger partial charge in [-0.1, -0.05) is 20.8 Å². The number of aliphatic carboxylic acids is 1. The van der Waals surface area contributed by atoms with Crippen molar-refractivity contribution in [3.05, 3.63) is 29.3 Å². The minimum Gasteiger partial charge on any atom is -0.481 e. The van der Waals surface area contributed by atoms with Crippen LogP contribution in [0.3, 0.4) is 0 Å². The molecule has 0 aliphatic carbocycles. The maximum atomic E-state index is 10.9. The van der Waals surface area contributed by atoms with E-state index < -0.39 is 5.97 Å². The molecule has 0 radical (unpaired) electrons. The lowest BCUT2D eigenvalue weighted by Gasteiger charge is -2.31. The third-order valence-corrected chi connectivity index (χ3v) is 3.11. The van der Waals surface area contributed by atoms with Crippen molar-refractivity contribution >= 4 is 11.7 Å². The van der Waals surface area contributed by atoms with Gasteiger partial charge in [0, 0.05) is 11.7 Å². The summed E-state index contributed by atoms with van der Waals surface area (Å²) in [4.78, 5) is 10.9. The molecular weight excluding hydrogens is 240 g/mol. The Morgan fingerprint density at radius 2 is 2.11 bits per heavy atom. The van der Waals surface area contributed by atoms with Crippen LogP contribution in [0.4, 0.5) is 5.69 Å². The molecule has 1 rings (SSSR count). The lowest BCUT2D eigenvalue weighted by molar-refractivity contribution is -0.137. The number of anilines is 1. The van der Waals surface area contributed by atoms with Gasteiger partial charge in [-0.25, -0.2) is 0 Å². The Labute approximate surface area is 114 Å². The maximum absolute atomic E-state index is 10.9. The van der Waals surface area contributed by atoms with Crippen molar-refractivity contribution in [2.45, 2.75) is 40.2 Å². The number of carbonyl (C=O) groups is 1. The first kappa shape index (κ1) is 15.0. The molecule has 0 saturated heterocycles. The predicted octanol–water partition coefficient (Wildman–Crippen LogP) is 3.17. The second-order valence-corrected chi connectivity index (χ2v) is 5.80. The molecule has 102 valence electrons. The Hall–Kier alpha value is -2.02. The predicted molar refractivity (Wildman–Crippen MR) is 75.0 cm³/mol. The molecule has 19 heavy (non-hydrogen) atoms. The normalized spacial score (nSPS) is 12.6. The fourth-order valence-electron chi connectivity index (χ4n) is 1.83. The van der Waals surface area contributed by atoms with Gasteiger partial charge in [0.15, 0.2) is 0 Å². The van der Waals surface area contributed by atoms with Gasteiger partial charge in [-0.15, -0.1) is 0 Å². The highest BCUT2D eigenvalue weighted by molar-refractivity contribution is 5.68. The molecule has 4 heteroatoms. The van der Waals surface area contributed by atoms with Gasteiger partial charge in [0.25, 0.3) is 0 Å². The fourth-order valence-corrected chi connectivity index (χ4v) is 1.83. The average Bonchev–Trinajstić information content (AvgIpc) is 2.26. The van der Waals surface area contributed by atoms with Crippen molar-refractivity contribution in [1.82, 2.24) is 0 Å². The first-order chi connectivity index (χ1) is 8.74. The third-order valence-electron chi connectivity index (χ3n) is 3.11. The molecule has 0 aliphatic heterocycles. The number of aryl methyl sites for hydroxylation is 1. The van der Waals surface area contributed by atoms with E-state index in [2.05, 4.69) is 11.4 Å². The van der Waals surface area contributed by atoms with Crippen LogP contribution in [-0.2, 0) is 4.79 Å². The molecule has 0 aliphatic rings. The standard InChI is InChI=1S/C15H20N2O2/c1-10-7-12(6-5-11(10)9-16)17-13(8-14(18)19)15(2,3)4/h5-7,13,17H,8H2,1-4H3,(H,18,19). The van der Waals surface area contributed by atoms with Crippen LogP contribution < -0.4 is 5.32 Å². The highest BCUT2D eigenvalue weighted by Crippen LogP contribution is 2.26. The van der Waals surface area contributed by atoms with Gasteiger partial charge in [-0.05, 0) is 36.1 Å². The van der Waals surface area contributed by atoms with Gasteiger partial charge in [-0.3, -0.25) is 4.79 Å². The van der Waals surface area contributed by atoms with Crippen molar-refractivity contribution in [2.75, 3.05) is 5.32 Å². The van der Waals surface area contributed by atoms with Crippen LogP contribution in [0.1, 0.15) is 38.3 Å². The Kier molecular flexibility index (Phi) is 4.55. The van der Waals surface area contributed by atoms with Crippen LogP contribution in [-0.4, -0.2) is 17.1 Å². The van der Waals surface area contributed by atoms with Crippen molar-refractivity contribution in [3.63, 3.8) is 0 Å². The zero-order valence-corrected chi connectivity index (χ0v) is 11.8. The Morgan fingerprint density at radius 1 is 1.47 bits per heavy atom.